The van der Waals surface area contributed by atoms with Gasteiger partial charge in [0.15, 0.2) is 5.82 Å². The first-order valence-corrected chi connectivity index (χ1v) is 6.88. The number of hydrogen-bond acceptors (Lipinski definition) is 7. The molecule has 0 saturated heterocycles. The summed E-state index contributed by atoms with van der Waals surface area (Å²) < 4.78 is 10.5. The van der Waals surface area contributed by atoms with Gasteiger partial charge in [0.05, 0.1) is 26.1 Å². The number of aromatic nitrogens is 3. The molecule has 0 aliphatic carbocycles. The van der Waals surface area contributed by atoms with Crippen LogP contribution in [0.1, 0.15) is 20.8 Å². The highest BCUT2D eigenvalue weighted by atomic mass is 16.5. The second-order valence-corrected chi connectivity index (χ2v) is 5.73. The van der Waals surface area contributed by atoms with Gasteiger partial charge in [-0.25, -0.2) is 0 Å². The number of ether oxygens (including phenoxy) is 2. The maximum absolute atomic E-state index is 5.34. The summed E-state index contributed by atoms with van der Waals surface area (Å²) in [5.41, 5.74) is 0.628. The van der Waals surface area contributed by atoms with Gasteiger partial charge >= 0.3 is 0 Å². The fourth-order valence-electron chi connectivity index (χ4n) is 1.82. The van der Waals surface area contributed by atoms with E-state index in [2.05, 4.69) is 46.6 Å². The van der Waals surface area contributed by atoms with Gasteiger partial charge < -0.3 is 20.1 Å². The van der Waals surface area contributed by atoms with Gasteiger partial charge in [0.2, 0.25) is 5.95 Å². The van der Waals surface area contributed by atoms with E-state index in [1.54, 1.807) is 26.5 Å². The molecule has 1 heterocycles. The van der Waals surface area contributed by atoms with Crippen LogP contribution in [0.5, 0.6) is 11.5 Å². The van der Waals surface area contributed by atoms with Crippen molar-refractivity contribution in [1.82, 2.24) is 15.2 Å². The summed E-state index contributed by atoms with van der Waals surface area (Å²) in [6, 6.07) is 5.45. The Morgan fingerprint density at radius 1 is 1.09 bits per heavy atom. The topological polar surface area (TPSA) is 81.2 Å². The Balaban J connectivity index is 2.22. The van der Waals surface area contributed by atoms with E-state index in [-0.39, 0.29) is 5.54 Å². The molecule has 7 nitrogen and oxygen atoms in total. The Bertz CT molecular complexity index is 640. The van der Waals surface area contributed by atoms with Crippen LogP contribution < -0.4 is 20.1 Å². The molecule has 0 bridgehead atoms. The molecule has 0 atom stereocenters. The summed E-state index contributed by atoms with van der Waals surface area (Å²) in [5, 5.41) is 14.3. The van der Waals surface area contributed by atoms with Gasteiger partial charge in [0.25, 0.3) is 0 Å². The zero-order valence-electron chi connectivity index (χ0n) is 13.5. The highest BCUT2D eigenvalue weighted by Crippen LogP contribution is 2.30. The number of nitrogens with one attached hydrogen (secondary N) is 2. The summed E-state index contributed by atoms with van der Waals surface area (Å²) in [7, 11) is 3.20. The molecule has 0 aliphatic rings. The van der Waals surface area contributed by atoms with Crippen LogP contribution in [0.15, 0.2) is 24.4 Å². The normalized spacial score (nSPS) is 11.0. The van der Waals surface area contributed by atoms with Gasteiger partial charge in [-0.2, -0.15) is 10.1 Å². The maximum atomic E-state index is 5.34. The zero-order chi connectivity index (χ0) is 16.2. The first-order chi connectivity index (χ1) is 10.4. The quantitative estimate of drug-likeness (QED) is 0.879. The lowest BCUT2D eigenvalue weighted by atomic mass is 10.1. The Morgan fingerprint density at radius 2 is 1.86 bits per heavy atom. The lowest BCUT2D eigenvalue weighted by Crippen LogP contribution is -2.27. The Labute approximate surface area is 130 Å². The van der Waals surface area contributed by atoms with Crippen molar-refractivity contribution in [3.05, 3.63) is 24.4 Å². The summed E-state index contributed by atoms with van der Waals surface area (Å²) >= 11 is 0. The van der Waals surface area contributed by atoms with E-state index in [1.165, 1.54) is 0 Å². The van der Waals surface area contributed by atoms with Gasteiger partial charge in [-0.1, -0.05) is 0 Å². The Kier molecular flexibility index (Phi) is 4.65. The minimum Gasteiger partial charge on any atom is -0.497 e. The second kappa shape index (κ2) is 6.46. The van der Waals surface area contributed by atoms with Crippen molar-refractivity contribution >= 4 is 17.5 Å². The molecule has 0 saturated carbocycles. The third-order valence-electron chi connectivity index (χ3n) is 2.72. The largest absolute Gasteiger partial charge is 0.497 e. The molecular weight excluding hydrogens is 282 g/mol. The van der Waals surface area contributed by atoms with E-state index in [0.29, 0.717) is 23.3 Å². The molecule has 7 heteroatoms. The van der Waals surface area contributed by atoms with Gasteiger partial charge in [-0.15, -0.1) is 5.10 Å². The lowest BCUT2D eigenvalue weighted by molar-refractivity contribution is 0.395. The number of methoxy groups -OCH3 is 2. The number of rotatable bonds is 5. The fraction of sp³-hybridized carbons (Fsp3) is 0.400. The molecule has 1 aromatic heterocycles. The fourth-order valence-corrected chi connectivity index (χ4v) is 1.82. The minimum absolute atomic E-state index is 0.106. The molecule has 0 fully saturated rings. The number of hydrogen-bond donors (Lipinski definition) is 2. The lowest BCUT2D eigenvalue weighted by Gasteiger charge is -2.21. The predicted molar refractivity (Wildman–Crippen MR) is 86.0 cm³/mol. The van der Waals surface area contributed by atoms with Crippen LogP contribution in [0.25, 0.3) is 0 Å². The molecule has 0 aliphatic heterocycles. The molecule has 2 aromatic rings. The molecular formula is C15H21N5O2. The Hall–Kier alpha value is -2.57. The molecule has 2 rings (SSSR count). The Morgan fingerprint density at radius 3 is 2.50 bits per heavy atom. The van der Waals surface area contributed by atoms with Gasteiger partial charge in [-0.05, 0) is 32.9 Å². The zero-order valence-corrected chi connectivity index (χ0v) is 13.5. The van der Waals surface area contributed by atoms with Crippen molar-refractivity contribution in [2.75, 3.05) is 24.9 Å². The SMILES string of the molecule is COc1ccc(Nc2nncc(NC(C)(C)C)n2)c(OC)c1. The van der Waals surface area contributed by atoms with Crippen LogP contribution in [-0.2, 0) is 0 Å². The highest BCUT2D eigenvalue weighted by Gasteiger charge is 2.12. The molecule has 1 aromatic carbocycles. The summed E-state index contributed by atoms with van der Waals surface area (Å²) in [5.74, 6) is 2.39. The summed E-state index contributed by atoms with van der Waals surface area (Å²) in [4.78, 5) is 4.39. The first kappa shape index (κ1) is 15.8. The van der Waals surface area contributed by atoms with Crippen LogP contribution in [0.4, 0.5) is 17.5 Å². The smallest absolute Gasteiger partial charge is 0.249 e. The summed E-state index contributed by atoms with van der Waals surface area (Å²) in [6.07, 6.45) is 1.59. The second-order valence-electron chi connectivity index (χ2n) is 5.73. The van der Waals surface area contributed by atoms with Crippen molar-refractivity contribution in [3.63, 3.8) is 0 Å². The van der Waals surface area contributed by atoms with Gasteiger partial charge in [0.1, 0.15) is 11.5 Å². The van der Waals surface area contributed by atoms with Crippen molar-refractivity contribution in [2.45, 2.75) is 26.3 Å². The molecule has 2 N–H and O–H groups in total. The van der Waals surface area contributed by atoms with Crippen LogP contribution in [0.2, 0.25) is 0 Å². The van der Waals surface area contributed by atoms with E-state index in [0.717, 1.165) is 5.69 Å². The van der Waals surface area contributed by atoms with E-state index < -0.39 is 0 Å². The summed E-state index contributed by atoms with van der Waals surface area (Å²) in [6.45, 7) is 6.15. The first-order valence-electron chi connectivity index (χ1n) is 6.88. The van der Waals surface area contributed by atoms with E-state index in [4.69, 9.17) is 9.47 Å². The third kappa shape index (κ3) is 4.21. The third-order valence-corrected chi connectivity index (χ3v) is 2.72. The highest BCUT2D eigenvalue weighted by molar-refractivity contribution is 5.64. The predicted octanol–water partition coefficient (Wildman–Crippen LogP) is 2.84. The molecule has 0 spiro atoms. The molecule has 118 valence electrons. The number of benzene rings is 1. The average molecular weight is 303 g/mol. The maximum Gasteiger partial charge on any atom is 0.249 e. The van der Waals surface area contributed by atoms with Gasteiger partial charge in [-0.3, -0.25) is 0 Å². The van der Waals surface area contributed by atoms with Crippen LogP contribution in [0, 0.1) is 0 Å². The van der Waals surface area contributed by atoms with E-state index in [1.807, 2.05) is 12.1 Å². The van der Waals surface area contributed by atoms with Crippen LogP contribution in [0.3, 0.4) is 0 Å². The van der Waals surface area contributed by atoms with Crippen molar-refractivity contribution < 1.29 is 9.47 Å². The van der Waals surface area contributed by atoms with Gasteiger partial charge in [0, 0.05) is 11.6 Å². The van der Waals surface area contributed by atoms with E-state index in [9.17, 15) is 0 Å². The van der Waals surface area contributed by atoms with E-state index >= 15 is 0 Å². The number of anilines is 3. The molecule has 0 amide bonds. The van der Waals surface area contributed by atoms with Crippen molar-refractivity contribution in [1.29, 1.82) is 0 Å². The number of nitrogens with zero attached hydrogens (tertiary/aromatic N) is 3. The molecule has 22 heavy (non-hydrogen) atoms. The monoisotopic (exact) mass is 303 g/mol. The van der Waals surface area contributed by atoms with Crippen LogP contribution >= 0.6 is 0 Å². The average Bonchev–Trinajstić information content (AvgIpc) is 2.46. The minimum atomic E-state index is -0.106. The molecule has 0 unspecified atom stereocenters. The standard InChI is InChI=1S/C15H21N5O2/c1-15(2,3)19-13-9-16-20-14(18-13)17-11-7-6-10(21-4)8-12(11)22-5/h6-9H,1-5H3,(H2,17,18,19,20). The van der Waals surface area contributed by atoms with Crippen molar-refractivity contribution in [2.24, 2.45) is 0 Å². The van der Waals surface area contributed by atoms with Crippen LogP contribution in [-0.4, -0.2) is 34.9 Å². The van der Waals surface area contributed by atoms with Crippen molar-refractivity contribution in [3.8, 4) is 11.5 Å². The molecule has 0 radical (unpaired) electrons.